The molecule has 3 aromatic carbocycles. The van der Waals surface area contributed by atoms with Gasteiger partial charge in [0.1, 0.15) is 18.8 Å². The molecule has 3 rings (SSSR count). The third-order valence-electron chi connectivity index (χ3n) is 8.92. The number of hydrogen-bond donors (Lipinski definition) is 2. The second-order valence-corrected chi connectivity index (χ2v) is 13.6. The van der Waals surface area contributed by atoms with Gasteiger partial charge in [-0.25, -0.2) is 14.7 Å². The number of hydrogen-bond acceptors (Lipinski definition) is 2. The van der Waals surface area contributed by atoms with E-state index in [2.05, 4.69) is 98.5 Å². The van der Waals surface area contributed by atoms with E-state index in [0.717, 1.165) is 79.7 Å². The first-order chi connectivity index (χ1) is 20.3. The Morgan fingerprint density at radius 2 is 1.00 bits per heavy atom. The maximum absolute atomic E-state index is 14.1. The predicted molar refractivity (Wildman–Crippen MR) is 177 cm³/mol. The van der Waals surface area contributed by atoms with Crippen molar-refractivity contribution in [2.24, 2.45) is 0 Å². The molecule has 0 atom stereocenters. The molecule has 0 bridgehead atoms. The van der Waals surface area contributed by atoms with Gasteiger partial charge in [-0.2, -0.15) is 0 Å². The molecule has 0 saturated heterocycles. The number of nitrogens with one attached hydrogen (secondary N) is 2. The molecule has 0 spiro atoms. The van der Waals surface area contributed by atoms with Gasteiger partial charge in [0, 0.05) is 37.1 Å². The van der Waals surface area contributed by atoms with Crippen LogP contribution in [0.15, 0.2) is 84.9 Å². The van der Waals surface area contributed by atoms with Crippen LogP contribution in [0.25, 0.3) is 0 Å². The molecular weight excluding hydrogens is 699 g/mol. The fourth-order valence-electron chi connectivity index (χ4n) is 5.78. The number of halogens is 2. The molecule has 246 valence electrons. The van der Waals surface area contributed by atoms with Gasteiger partial charge in [-0.05, 0) is 46.8 Å². The van der Waals surface area contributed by atoms with Crippen molar-refractivity contribution < 1.29 is 52.0 Å². The van der Waals surface area contributed by atoms with Crippen LogP contribution in [0.2, 0.25) is 0 Å². The van der Waals surface area contributed by atoms with Gasteiger partial charge >= 0.3 is 7.67 Å². The maximum Gasteiger partial charge on any atom is 0.390 e. The maximum atomic E-state index is 14.1. The van der Waals surface area contributed by atoms with E-state index in [9.17, 15) is 4.57 Å². The van der Waals surface area contributed by atoms with Gasteiger partial charge in [-0.1, -0.05) is 78.4 Å². The van der Waals surface area contributed by atoms with Gasteiger partial charge in [0.15, 0.2) is 0 Å². The van der Waals surface area contributed by atoms with E-state index in [-0.39, 0.29) is 34.0 Å². The van der Waals surface area contributed by atoms with Gasteiger partial charge < -0.3 is 47.5 Å². The Morgan fingerprint density at radius 1 is 0.614 bits per heavy atom. The zero-order valence-corrected chi connectivity index (χ0v) is 31.5. The molecule has 0 aliphatic carbocycles. The van der Waals surface area contributed by atoms with Crippen molar-refractivity contribution in [1.82, 2.24) is 10.2 Å². The Hall–Kier alpha value is -1.51. The minimum Gasteiger partial charge on any atom is -1.00 e. The van der Waals surface area contributed by atoms with E-state index < -0.39 is 7.67 Å². The van der Waals surface area contributed by atoms with Gasteiger partial charge in [0.2, 0.25) is 0 Å². The SMILES string of the molecule is CC[N+](CC)(CCCNP(=O)(NCCC[N+](CC)(CC)Cc1ccccc1)Oc1ccc(C)cc1)Cc1ccccc1.[Br-].[Br-]. The average molecular weight is 755 g/mol. The Balaban J connectivity index is 0.00000484. The van der Waals surface area contributed by atoms with Gasteiger partial charge in [-0.3, -0.25) is 0 Å². The first-order valence-corrected chi connectivity index (χ1v) is 17.6. The Morgan fingerprint density at radius 3 is 1.36 bits per heavy atom. The van der Waals surface area contributed by atoms with Crippen LogP contribution in [0.4, 0.5) is 0 Å². The monoisotopic (exact) mass is 752 g/mol. The van der Waals surface area contributed by atoms with E-state index in [1.807, 2.05) is 31.2 Å². The largest absolute Gasteiger partial charge is 1.00 e. The summed E-state index contributed by atoms with van der Waals surface area (Å²) in [6.07, 6.45) is 1.83. The second kappa shape index (κ2) is 20.6. The topological polar surface area (TPSA) is 50.4 Å². The van der Waals surface area contributed by atoms with Gasteiger partial charge in [0.25, 0.3) is 0 Å². The lowest BCUT2D eigenvalue weighted by Crippen LogP contribution is -3.00. The van der Waals surface area contributed by atoms with Crippen molar-refractivity contribution in [2.75, 3.05) is 52.4 Å². The Labute approximate surface area is 288 Å². The van der Waals surface area contributed by atoms with E-state index in [1.165, 1.54) is 11.1 Å². The number of quaternary nitrogens is 2. The lowest BCUT2D eigenvalue weighted by molar-refractivity contribution is -0.937. The Bertz CT molecular complexity index is 1140. The molecule has 0 aliphatic heterocycles. The minimum atomic E-state index is -3.30. The summed E-state index contributed by atoms with van der Waals surface area (Å²) in [6.45, 7) is 20.7. The molecule has 0 unspecified atom stereocenters. The smallest absolute Gasteiger partial charge is 0.390 e. The first-order valence-electron chi connectivity index (χ1n) is 15.9. The third-order valence-corrected chi connectivity index (χ3v) is 10.7. The van der Waals surface area contributed by atoms with Crippen molar-refractivity contribution in [3.05, 3.63) is 102 Å². The van der Waals surface area contributed by atoms with Crippen LogP contribution in [-0.4, -0.2) is 61.3 Å². The lowest BCUT2D eigenvalue weighted by atomic mass is 10.1. The van der Waals surface area contributed by atoms with E-state index in [0.29, 0.717) is 18.8 Å². The summed E-state index contributed by atoms with van der Waals surface area (Å²) in [6, 6.07) is 29.3. The molecule has 0 radical (unpaired) electrons. The number of nitrogens with zero attached hydrogens (tertiary/aromatic N) is 2. The molecule has 6 nitrogen and oxygen atoms in total. The van der Waals surface area contributed by atoms with Crippen LogP contribution in [0, 0.1) is 6.92 Å². The second-order valence-electron chi connectivity index (χ2n) is 11.7. The van der Waals surface area contributed by atoms with Crippen LogP contribution >= 0.6 is 7.67 Å². The molecule has 9 heteroatoms. The third kappa shape index (κ3) is 13.1. The molecule has 0 fully saturated rings. The summed E-state index contributed by atoms with van der Waals surface area (Å²) >= 11 is 0. The normalized spacial score (nSPS) is 11.8. The molecular formula is C35H55Br2N4O2P. The number of rotatable bonds is 20. The highest BCUT2D eigenvalue weighted by atomic mass is 79.9. The lowest BCUT2D eigenvalue weighted by Gasteiger charge is -2.37. The van der Waals surface area contributed by atoms with E-state index in [4.69, 9.17) is 4.52 Å². The summed E-state index contributed by atoms with van der Waals surface area (Å²) in [4.78, 5) is 0. The molecule has 0 aromatic heterocycles. The zero-order valence-electron chi connectivity index (χ0n) is 27.5. The number of benzene rings is 3. The molecule has 2 N–H and O–H groups in total. The molecule has 0 aliphatic rings. The highest BCUT2D eigenvalue weighted by Crippen LogP contribution is 2.38. The van der Waals surface area contributed by atoms with Gasteiger partial charge in [0.05, 0.1) is 39.3 Å². The van der Waals surface area contributed by atoms with E-state index >= 15 is 0 Å². The zero-order chi connectivity index (χ0) is 30.3. The van der Waals surface area contributed by atoms with E-state index in [1.54, 1.807) is 0 Å². The summed E-state index contributed by atoms with van der Waals surface area (Å²) in [7, 11) is -3.30. The summed E-state index contributed by atoms with van der Waals surface area (Å²) in [5.41, 5.74) is 3.88. The molecule has 0 saturated carbocycles. The molecule has 0 amide bonds. The Kier molecular flexibility index (Phi) is 18.9. The van der Waals surface area contributed by atoms with Crippen molar-refractivity contribution in [1.29, 1.82) is 0 Å². The van der Waals surface area contributed by atoms with Crippen molar-refractivity contribution in [2.45, 2.75) is 60.5 Å². The molecule has 44 heavy (non-hydrogen) atoms. The summed E-state index contributed by atoms with van der Waals surface area (Å²) in [5, 5.41) is 6.63. The standard InChI is InChI=1S/C35H55N4O2P.2BrH/c1-6-38(7-2,30-33-18-12-10-13-19-33)28-16-26-36-42(40,41-35-24-22-32(5)23-25-35)37-27-17-29-39(8-3,9-4)31-34-20-14-11-15-21-34;;/h10-15,18-25H,6-9,16-17,26-31H2,1-5H3,(H2,36,37,40);2*1H/q+2;;/p-2. The highest BCUT2D eigenvalue weighted by molar-refractivity contribution is 7.55. The van der Waals surface area contributed by atoms with Gasteiger partial charge in [-0.15, -0.1) is 0 Å². The predicted octanol–water partition coefficient (Wildman–Crippen LogP) is 1.56. The first kappa shape index (κ1) is 40.5. The summed E-state index contributed by atoms with van der Waals surface area (Å²) < 4.78 is 22.3. The van der Waals surface area contributed by atoms with Crippen LogP contribution in [-0.2, 0) is 17.7 Å². The van der Waals surface area contributed by atoms with Crippen LogP contribution < -0.4 is 48.7 Å². The average Bonchev–Trinajstić information content (AvgIpc) is 3.02. The van der Waals surface area contributed by atoms with Crippen LogP contribution in [0.3, 0.4) is 0 Å². The molecule has 0 heterocycles. The fraction of sp³-hybridized carbons (Fsp3) is 0.486. The number of aryl methyl sites for hydroxylation is 1. The summed E-state index contributed by atoms with van der Waals surface area (Å²) in [5.74, 6) is 0.622. The molecule has 3 aromatic rings. The van der Waals surface area contributed by atoms with Crippen LogP contribution in [0.5, 0.6) is 5.75 Å². The van der Waals surface area contributed by atoms with Crippen molar-refractivity contribution >= 4 is 7.67 Å². The quantitative estimate of drug-likeness (QED) is 0.105. The van der Waals surface area contributed by atoms with Crippen molar-refractivity contribution in [3.8, 4) is 5.75 Å². The van der Waals surface area contributed by atoms with Crippen LogP contribution in [0.1, 0.15) is 57.2 Å². The highest BCUT2D eigenvalue weighted by Gasteiger charge is 2.28. The minimum absolute atomic E-state index is 0. The van der Waals surface area contributed by atoms with Crippen molar-refractivity contribution in [3.63, 3.8) is 0 Å². The fourth-order valence-corrected chi connectivity index (χ4v) is 7.34.